The van der Waals surface area contributed by atoms with E-state index in [4.69, 9.17) is 9.84 Å². The average molecular weight is 142 g/mol. The van der Waals surface area contributed by atoms with Crippen molar-refractivity contribution in [3.63, 3.8) is 0 Å². The van der Waals surface area contributed by atoms with Crippen molar-refractivity contribution in [1.82, 2.24) is 0 Å². The number of cyclic esters (lactones) is 1. The van der Waals surface area contributed by atoms with E-state index < -0.39 is 5.97 Å². The summed E-state index contributed by atoms with van der Waals surface area (Å²) in [6.07, 6.45) is 0.522. The molecule has 56 valence electrons. The number of hydrogen-bond acceptors (Lipinski definition) is 3. The van der Waals surface area contributed by atoms with Crippen LogP contribution in [0.1, 0.15) is 20.3 Å². The first-order chi connectivity index (χ1) is 4.66. The third kappa shape index (κ3) is 0.875. The molecule has 1 atom stereocenters. The molecule has 3 heteroatoms. The Bertz CT molecular complexity index is 193. The van der Waals surface area contributed by atoms with Crippen LogP contribution in [0.4, 0.5) is 0 Å². The second-order valence-corrected chi connectivity index (χ2v) is 2.33. The van der Waals surface area contributed by atoms with Crippen molar-refractivity contribution >= 4 is 5.97 Å². The first-order valence-corrected chi connectivity index (χ1v) is 3.27. The Morgan fingerprint density at radius 2 is 2.30 bits per heavy atom. The molecule has 1 heterocycles. The lowest BCUT2D eigenvalue weighted by molar-refractivity contribution is -0.142. The fraction of sp³-hybridized carbons (Fsp3) is 0.571. The first-order valence-electron chi connectivity index (χ1n) is 3.27. The SMILES string of the molecule is CC[C@@H]1OC(=O)C(O)=C1C. The van der Waals surface area contributed by atoms with E-state index in [1.807, 2.05) is 6.92 Å². The number of aliphatic hydroxyl groups excluding tert-OH is 1. The molecule has 0 aromatic heterocycles. The lowest BCUT2D eigenvalue weighted by Crippen LogP contribution is -2.08. The quantitative estimate of drug-likeness (QED) is 0.559. The Morgan fingerprint density at radius 1 is 1.70 bits per heavy atom. The zero-order chi connectivity index (χ0) is 7.72. The summed E-state index contributed by atoms with van der Waals surface area (Å²) in [5.41, 5.74) is 0.646. The summed E-state index contributed by atoms with van der Waals surface area (Å²) in [6.45, 7) is 3.61. The third-order valence-electron chi connectivity index (χ3n) is 1.67. The number of carbonyl (C=O) groups excluding carboxylic acids is 1. The molecule has 0 bridgehead atoms. The minimum Gasteiger partial charge on any atom is -0.502 e. The molecule has 0 fully saturated rings. The topological polar surface area (TPSA) is 46.5 Å². The monoisotopic (exact) mass is 142 g/mol. The van der Waals surface area contributed by atoms with Crippen LogP contribution in [0.5, 0.6) is 0 Å². The highest BCUT2D eigenvalue weighted by molar-refractivity contribution is 5.89. The summed E-state index contributed by atoms with van der Waals surface area (Å²) < 4.78 is 4.77. The third-order valence-corrected chi connectivity index (χ3v) is 1.67. The molecule has 1 rings (SSSR count). The van der Waals surface area contributed by atoms with Gasteiger partial charge in [-0.2, -0.15) is 0 Å². The van der Waals surface area contributed by atoms with Gasteiger partial charge in [0, 0.05) is 5.57 Å². The largest absolute Gasteiger partial charge is 0.502 e. The van der Waals surface area contributed by atoms with Crippen LogP contribution in [0, 0.1) is 0 Å². The van der Waals surface area contributed by atoms with Gasteiger partial charge in [0.25, 0.3) is 0 Å². The van der Waals surface area contributed by atoms with Crippen LogP contribution >= 0.6 is 0 Å². The van der Waals surface area contributed by atoms with E-state index in [0.29, 0.717) is 5.57 Å². The standard InChI is InChI=1S/C7H10O3/c1-3-5-4(2)6(8)7(9)10-5/h5,8H,3H2,1-2H3/t5-/m0/s1. The van der Waals surface area contributed by atoms with Crippen LogP contribution in [0.2, 0.25) is 0 Å². The molecular weight excluding hydrogens is 132 g/mol. The van der Waals surface area contributed by atoms with Gasteiger partial charge >= 0.3 is 5.97 Å². The van der Waals surface area contributed by atoms with Crippen LogP contribution in [0.25, 0.3) is 0 Å². The van der Waals surface area contributed by atoms with Crippen LogP contribution in [-0.2, 0) is 9.53 Å². The highest BCUT2D eigenvalue weighted by Gasteiger charge is 2.29. The highest BCUT2D eigenvalue weighted by atomic mass is 16.6. The number of hydrogen-bond donors (Lipinski definition) is 1. The zero-order valence-electron chi connectivity index (χ0n) is 6.05. The molecule has 0 aliphatic carbocycles. The Labute approximate surface area is 59.3 Å². The normalized spacial score (nSPS) is 25.4. The van der Waals surface area contributed by atoms with Crippen molar-refractivity contribution in [3.05, 3.63) is 11.3 Å². The van der Waals surface area contributed by atoms with Gasteiger partial charge in [-0.15, -0.1) is 0 Å². The molecule has 1 aliphatic heterocycles. The second-order valence-electron chi connectivity index (χ2n) is 2.33. The number of rotatable bonds is 1. The summed E-state index contributed by atoms with van der Waals surface area (Å²) in [7, 11) is 0. The van der Waals surface area contributed by atoms with E-state index >= 15 is 0 Å². The Balaban J connectivity index is 2.83. The molecule has 0 amide bonds. The van der Waals surface area contributed by atoms with Gasteiger partial charge in [0.05, 0.1) is 0 Å². The fourth-order valence-electron chi connectivity index (χ4n) is 0.976. The van der Waals surface area contributed by atoms with Crippen molar-refractivity contribution < 1.29 is 14.6 Å². The molecular formula is C7H10O3. The molecule has 3 nitrogen and oxygen atoms in total. The predicted octanol–water partition coefficient (Wildman–Crippen LogP) is 1.15. The summed E-state index contributed by atoms with van der Waals surface area (Å²) in [6, 6.07) is 0. The summed E-state index contributed by atoms with van der Waals surface area (Å²) >= 11 is 0. The van der Waals surface area contributed by atoms with Crippen molar-refractivity contribution in [2.75, 3.05) is 0 Å². The van der Waals surface area contributed by atoms with E-state index in [-0.39, 0.29) is 11.9 Å². The van der Waals surface area contributed by atoms with Gasteiger partial charge in [-0.05, 0) is 13.3 Å². The molecule has 0 radical (unpaired) electrons. The van der Waals surface area contributed by atoms with Crippen molar-refractivity contribution in [2.45, 2.75) is 26.4 Å². The van der Waals surface area contributed by atoms with E-state index in [1.54, 1.807) is 6.92 Å². The minimum atomic E-state index is -0.593. The fourth-order valence-corrected chi connectivity index (χ4v) is 0.976. The van der Waals surface area contributed by atoms with Gasteiger partial charge in [-0.3, -0.25) is 0 Å². The zero-order valence-corrected chi connectivity index (χ0v) is 6.05. The Kier molecular flexibility index (Phi) is 1.66. The van der Waals surface area contributed by atoms with Crippen LogP contribution in [-0.4, -0.2) is 17.2 Å². The van der Waals surface area contributed by atoms with Crippen LogP contribution in [0.15, 0.2) is 11.3 Å². The Hall–Kier alpha value is -0.990. The summed E-state index contributed by atoms with van der Waals surface area (Å²) in [5.74, 6) is -0.809. The molecule has 0 aromatic rings. The second kappa shape index (κ2) is 2.33. The molecule has 0 unspecified atom stereocenters. The van der Waals surface area contributed by atoms with E-state index in [9.17, 15) is 4.79 Å². The predicted molar refractivity (Wildman–Crippen MR) is 35.5 cm³/mol. The van der Waals surface area contributed by atoms with Crippen molar-refractivity contribution in [3.8, 4) is 0 Å². The molecule has 1 N–H and O–H groups in total. The maximum atomic E-state index is 10.6. The lowest BCUT2D eigenvalue weighted by Gasteiger charge is -2.05. The highest BCUT2D eigenvalue weighted by Crippen LogP contribution is 2.21. The van der Waals surface area contributed by atoms with Gasteiger partial charge in [0.15, 0.2) is 0 Å². The van der Waals surface area contributed by atoms with Gasteiger partial charge in [0.1, 0.15) is 6.10 Å². The summed E-state index contributed by atoms with van der Waals surface area (Å²) in [4.78, 5) is 10.6. The Morgan fingerprint density at radius 3 is 2.50 bits per heavy atom. The molecule has 10 heavy (non-hydrogen) atoms. The van der Waals surface area contributed by atoms with Gasteiger partial charge < -0.3 is 9.84 Å². The maximum absolute atomic E-state index is 10.6. The maximum Gasteiger partial charge on any atom is 0.374 e. The first kappa shape index (κ1) is 7.12. The van der Waals surface area contributed by atoms with Gasteiger partial charge in [0.2, 0.25) is 5.76 Å². The smallest absolute Gasteiger partial charge is 0.374 e. The van der Waals surface area contributed by atoms with Crippen LogP contribution in [0.3, 0.4) is 0 Å². The lowest BCUT2D eigenvalue weighted by atomic mass is 10.1. The summed E-state index contributed by atoms with van der Waals surface area (Å²) in [5, 5.41) is 8.97. The molecule has 0 spiro atoms. The van der Waals surface area contributed by atoms with E-state index in [2.05, 4.69) is 0 Å². The molecule has 0 aromatic carbocycles. The van der Waals surface area contributed by atoms with Gasteiger partial charge in [-0.1, -0.05) is 6.92 Å². The molecule has 0 saturated carbocycles. The molecule has 1 aliphatic rings. The van der Waals surface area contributed by atoms with Gasteiger partial charge in [-0.25, -0.2) is 4.79 Å². The number of esters is 1. The van der Waals surface area contributed by atoms with E-state index in [0.717, 1.165) is 6.42 Å². The number of ether oxygens (including phenoxy) is 1. The van der Waals surface area contributed by atoms with Crippen molar-refractivity contribution in [2.24, 2.45) is 0 Å². The van der Waals surface area contributed by atoms with Crippen LogP contribution < -0.4 is 0 Å². The van der Waals surface area contributed by atoms with E-state index in [1.165, 1.54) is 0 Å². The van der Waals surface area contributed by atoms with Crippen molar-refractivity contribution in [1.29, 1.82) is 0 Å². The minimum absolute atomic E-state index is 0.201. The molecule has 0 saturated heterocycles. The average Bonchev–Trinajstić information content (AvgIpc) is 2.17. The number of carbonyl (C=O) groups is 1. The number of aliphatic hydroxyl groups is 1.